The van der Waals surface area contributed by atoms with Crippen molar-refractivity contribution in [1.82, 2.24) is 9.97 Å². The van der Waals surface area contributed by atoms with E-state index in [4.69, 9.17) is 0 Å². The van der Waals surface area contributed by atoms with E-state index in [1.165, 1.54) is 0 Å². The largest absolute Gasteiger partial charge is 0.371 e. The van der Waals surface area contributed by atoms with Crippen molar-refractivity contribution < 1.29 is 13.2 Å². The molecule has 1 N–H and O–H groups in total. The Bertz CT molecular complexity index is 642. The summed E-state index contributed by atoms with van der Waals surface area (Å²) in [5.74, 6) is -2.93. The number of halogens is 3. The lowest BCUT2D eigenvalue weighted by atomic mass is 10.1. The average Bonchev–Trinajstić information content (AvgIpc) is 2.36. The highest BCUT2D eigenvalue weighted by Crippen LogP contribution is 2.29. The van der Waals surface area contributed by atoms with Crippen molar-refractivity contribution in [1.29, 1.82) is 0 Å². The molecule has 1 aromatic heterocycles. The van der Waals surface area contributed by atoms with Gasteiger partial charge in [-0.05, 0) is 19.9 Å². The molecule has 100 valence electrons. The number of aryl methyl sites for hydroxylation is 2. The minimum Gasteiger partial charge on any atom is -0.371 e. The Labute approximate surface area is 108 Å². The van der Waals surface area contributed by atoms with Crippen molar-refractivity contribution in [3.05, 3.63) is 41.0 Å². The first-order valence-corrected chi connectivity index (χ1v) is 5.62. The van der Waals surface area contributed by atoms with Crippen LogP contribution in [0.3, 0.4) is 0 Å². The number of anilines is 1. The van der Waals surface area contributed by atoms with E-state index in [1.54, 1.807) is 20.9 Å². The molecular formula is C13H12F3N3. The van der Waals surface area contributed by atoms with Crippen LogP contribution in [0.1, 0.15) is 11.4 Å². The van der Waals surface area contributed by atoms with Gasteiger partial charge in [0.2, 0.25) is 0 Å². The molecule has 6 heteroatoms. The summed E-state index contributed by atoms with van der Waals surface area (Å²) in [6, 6.07) is 1.28. The predicted molar refractivity (Wildman–Crippen MR) is 66.4 cm³/mol. The number of hydrogen-bond donors (Lipinski definition) is 1. The number of aromatic nitrogens is 2. The van der Waals surface area contributed by atoms with E-state index in [-0.39, 0.29) is 11.3 Å². The number of nitrogens with one attached hydrogen (secondary N) is 1. The number of hydrogen-bond acceptors (Lipinski definition) is 3. The topological polar surface area (TPSA) is 37.8 Å². The van der Waals surface area contributed by atoms with E-state index in [1.807, 2.05) is 0 Å². The van der Waals surface area contributed by atoms with Crippen LogP contribution in [0.4, 0.5) is 19.0 Å². The maximum atomic E-state index is 13.8. The van der Waals surface area contributed by atoms with Crippen LogP contribution in [0.25, 0.3) is 11.3 Å². The van der Waals surface area contributed by atoms with Crippen molar-refractivity contribution in [3.63, 3.8) is 0 Å². The molecule has 0 saturated carbocycles. The van der Waals surface area contributed by atoms with Crippen LogP contribution < -0.4 is 5.32 Å². The minimum absolute atomic E-state index is 0.126. The summed E-state index contributed by atoms with van der Waals surface area (Å²) in [6.07, 6.45) is 0. The van der Waals surface area contributed by atoms with Crippen LogP contribution >= 0.6 is 0 Å². The van der Waals surface area contributed by atoms with Crippen molar-refractivity contribution in [2.24, 2.45) is 0 Å². The number of nitrogens with zero attached hydrogens (tertiary/aromatic N) is 2. The maximum Gasteiger partial charge on any atom is 0.161 e. The summed E-state index contributed by atoms with van der Waals surface area (Å²) < 4.78 is 39.9. The van der Waals surface area contributed by atoms with Gasteiger partial charge in [0.1, 0.15) is 11.5 Å². The second-order valence-corrected chi connectivity index (χ2v) is 4.09. The second-order valence-electron chi connectivity index (χ2n) is 4.09. The van der Waals surface area contributed by atoms with Gasteiger partial charge < -0.3 is 5.32 Å². The Morgan fingerprint density at radius 3 is 2.11 bits per heavy atom. The zero-order chi connectivity index (χ0) is 14.2. The van der Waals surface area contributed by atoms with Gasteiger partial charge in [-0.3, -0.25) is 0 Å². The van der Waals surface area contributed by atoms with Crippen LogP contribution in [-0.4, -0.2) is 17.0 Å². The molecule has 0 fully saturated rings. The maximum absolute atomic E-state index is 13.8. The molecule has 0 spiro atoms. The third kappa shape index (κ3) is 2.38. The van der Waals surface area contributed by atoms with E-state index in [9.17, 15) is 13.2 Å². The lowest BCUT2D eigenvalue weighted by Gasteiger charge is -2.11. The molecule has 1 heterocycles. The fourth-order valence-corrected chi connectivity index (χ4v) is 1.67. The molecule has 3 nitrogen and oxygen atoms in total. The van der Waals surface area contributed by atoms with Crippen LogP contribution in [0.2, 0.25) is 0 Å². The van der Waals surface area contributed by atoms with Crippen molar-refractivity contribution in [3.8, 4) is 11.3 Å². The van der Waals surface area contributed by atoms with E-state index in [0.717, 1.165) is 6.07 Å². The molecule has 0 bridgehead atoms. The van der Waals surface area contributed by atoms with Gasteiger partial charge >= 0.3 is 0 Å². The quantitative estimate of drug-likeness (QED) is 0.849. The zero-order valence-electron chi connectivity index (χ0n) is 10.7. The van der Waals surface area contributed by atoms with Crippen molar-refractivity contribution in [2.45, 2.75) is 13.8 Å². The lowest BCUT2D eigenvalue weighted by Crippen LogP contribution is -2.04. The van der Waals surface area contributed by atoms with Gasteiger partial charge in [-0.25, -0.2) is 23.1 Å². The molecular weight excluding hydrogens is 255 g/mol. The summed E-state index contributed by atoms with van der Waals surface area (Å²) in [7, 11) is 1.60. The van der Waals surface area contributed by atoms with Gasteiger partial charge in [0, 0.05) is 18.7 Å². The van der Waals surface area contributed by atoms with Crippen LogP contribution in [0.15, 0.2) is 12.1 Å². The standard InChI is InChI=1S/C13H12F3N3/c1-6-7(2)19-13(17-3)12(18-6)8-4-10(15)11(16)5-9(8)14/h4-5H,1-3H3,(H,17,19). The lowest BCUT2D eigenvalue weighted by molar-refractivity contribution is 0.496. The Hall–Kier alpha value is -2.11. The zero-order valence-corrected chi connectivity index (χ0v) is 10.7. The molecule has 0 unspecified atom stereocenters. The molecule has 0 saturated heterocycles. The highest BCUT2D eigenvalue weighted by atomic mass is 19.2. The molecule has 0 radical (unpaired) electrons. The monoisotopic (exact) mass is 267 g/mol. The molecule has 0 aliphatic heterocycles. The van der Waals surface area contributed by atoms with Gasteiger partial charge in [0.25, 0.3) is 0 Å². The Kier molecular flexibility index (Phi) is 3.42. The number of benzene rings is 1. The molecule has 0 aliphatic carbocycles. The molecule has 1 aromatic carbocycles. The van der Waals surface area contributed by atoms with Crippen molar-refractivity contribution in [2.75, 3.05) is 12.4 Å². The highest BCUT2D eigenvalue weighted by Gasteiger charge is 2.17. The summed E-state index contributed by atoms with van der Waals surface area (Å²) in [5, 5.41) is 2.77. The molecule has 0 amide bonds. The summed E-state index contributed by atoms with van der Waals surface area (Å²) >= 11 is 0. The molecule has 0 atom stereocenters. The predicted octanol–water partition coefficient (Wildman–Crippen LogP) is 3.22. The number of rotatable bonds is 2. The fourth-order valence-electron chi connectivity index (χ4n) is 1.67. The van der Waals surface area contributed by atoms with Crippen LogP contribution in [0.5, 0.6) is 0 Å². The van der Waals surface area contributed by atoms with Crippen LogP contribution in [-0.2, 0) is 0 Å². The normalized spacial score (nSPS) is 10.6. The smallest absolute Gasteiger partial charge is 0.161 e. The Morgan fingerprint density at radius 2 is 1.47 bits per heavy atom. The fraction of sp³-hybridized carbons (Fsp3) is 0.231. The van der Waals surface area contributed by atoms with Crippen LogP contribution in [0, 0.1) is 31.3 Å². The van der Waals surface area contributed by atoms with Gasteiger partial charge in [-0.1, -0.05) is 0 Å². The first kappa shape index (κ1) is 13.3. The minimum atomic E-state index is -1.23. The van der Waals surface area contributed by atoms with Crippen molar-refractivity contribution >= 4 is 5.82 Å². The highest BCUT2D eigenvalue weighted by molar-refractivity contribution is 5.72. The first-order chi connectivity index (χ1) is 8.93. The first-order valence-electron chi connectivity index (χ1n) is 5.62. The van der Waals surface area contributed by atoms with Gasteiger partial charge in [-0.15, -0.1) is 0 Å². The van der Waals surface area contributed by atoms with Gasteiger partial charge in [0.05, 0.1) is 11.4 Å². The summed E-state index contributed by atoms with van der Waals surface area (Å²) in [6.45, 7) is 3.47. The molecule has 2 aromatic rings. The summed E-state index contributed by atoms with van der Waals surface area (Å²) in [5.41, 5.74) is 1.30. The third-order valence-electron chi connectivity index (χ3n) is 2.81. The molecule has 2 rings (SSSR count). The third-order valence-corrected chi connectivity index (χ3v) is 2.81. The van der Waals surface area contributed by atoms with E-state index < -0.39 is 17.5 Å². The molecule has 0 aliphatic rings. The second kappa shape index (κ2) is 4.87. The average molecular weight is 267 g/mol. The Morgan fingerprint density at radius 1 is 0.895 bits per heavy atom. The van der Waals surface area contributed by atoms with E-state index in [2.05, 4.69) is 15.3 Å². The van der Waals surface area contributed by atoms with Gasteiger partial charge in [-0.2, -0.15) is 0 Å². The summed E-state index contributed by atoms with van der Waals surface area (Å²) in [4.78, 5) is 8.40. The van der Waals surface area contributed by atoms with Gasteiger partial charge in [0.15, 0.2) is 17.5 Å². The van der Waals surface area contributed by atoms with E-state index in [0.29, 0.717) is 23.3 Å². The van der Waals surface area contributed by atoms with E-state index >= 15 is 0 Å². The molecule has 19 heavy (non-hydrogen) atoms. The Balaban J connectivity index is 2.71. The SMILES string of the molecule is CNc1nc(C)c(C)nc1-c1cc(F)c(F)cc1F.